The lowest BCUT2D eigenvalue weighted by atomic mass is 10.1. The van der Waals surface area contributed by atoms with Crippen molar-refractivity contribution in [3.8, 4) is 0 Å². The maximum absolute atomic E-state index is 3.47. The predicted molar refractivity (Wildman–Crippen MR) is 86.9 cm³/mol. The Labute approximate surface area is 120 Å². The molecule has 2 nitrogen and oxygen atoms in total. The Morgan fingerprint density at radius 2 is 2.16 bits per heavy atom. The zero-order valence-electron chi connectivity index (χ0n) is 12.0. The monoisotopic (exact) mass is 276 g/mol. The highest BCUT2D eigenvalue weighted by molar-refractivity contribution is 7.98. The van der Waals surface area contributed by atoms with Gasteiger partial charge in [0.15, 0.2) is 0 Å². The molecular weight excluding hydrogens is 252 g/mol. The molecule has 0 saturated carbocycles. The quantitative estimate of drug-likeness (QED) is 0.737. The van der Waals surface area contributed by atoms with Crippen LogP contribution in [0.5, 0.6) is 0 Å². The van der Waals surface area contributed by atoms with Gasteiger partial charge in [-0.25, -0.2) is 0 Å². The second-order valence-electron chi connectivity index (χ2n) is 4.93. The fraction of sp³-hybridized carbons (Fsp3) is 0.500. The Bertz CT molecular complexity index is 504. The minimum atomic E-state index is 0.972. The lowest BCUT2D eigenvalue weighted by Gasteiger charge is -2.07. The number of thioether (sulfide) groups is 1. The summed E-state index contributed by atoms with van der Waals surface area (Å²) in [7, 11) is 0. The highest BCUT2D eigenvalue weighted by Gasteiger charge is 2.02. The molecule has 0 aliphatic rings. The van der Waals surface area contributed by atoms with E-state index in [-0.39, 0.29) is 0 Å². The van der Waals surface area contributed by atoms with E-state index in [0.717, 1.165) is 19.6 Å². The van der Waals surface area contributed by atoms with Crippen LogP contribution in [-0.4, -0.2) is 23.1 Å². The lowest BCUT2D eigenvalue weighted by molar-refractivity contribution is 0.674. The first-order valence-corrected chi connectivity index (χ1v) is 8.52. The van der Waals surface area contributed by atoms with Crippen LogP contribution in [0.2, 0.25) is 0 Å². The third-order valence-electron chi connectivity index (χ3n) is 3.34. The van der Waals surface area contributed by atoms with Gasteiger partial charge >= 0.3 is 0 Å². The molecule has 0 aliphatic carbocycles. The number of rotatable bonds is 8. The molecular formula is C16H24N2S. The maximum atomic E-state index is 3.47. The molecule has 1 N–H and O–H groups in total. The number of fused-ring (bicyclic) bond motifs is 1. The first-order valence-electron chi connectivity index (χ1n) is 7.12. The van der Waals surface area contributed by atoms with Gasteiger partial charge in [-0.1, -0.05) is 19.1 Å². The van der Waals surface area contributed by atoms with Gasteiger partial charge < -0.3 is 9.88 Å². The summed E-state index contributed by atoms with van der Waals surface area (Å²) in [5.41, 5.74) is 2.75. The van der Waals surface area contributed by atoms with Crippen molar-refractivity contribution in [2.75, 3.05) is 18.6 Å². The summed E-state index contributed by atoms with van der Waals surface area (Å²) in [6.45, 7) is 5.38. The molecule has 0 amide bonds. The van der Waals surface area contributed by atoms with Gasteiger partial charge in [0.05, 0.1) is 0 Å². The van der Waals surface area contributed by atoms with E-state index in [4.69, 9.17) is 0 Å². The van der Waals surface area contributed by atoms with Crippen LogP contribution in [0.25, 0.3) is 10.9 Å². The normalized spacial score (nSPS) is 11.3. The van der Waals surface area contributed by atoms with Gasteiger partial charge in [0.2, 0.25) is 0 Å². The molecule has 1 heterocycles. The summed E-state index contributed by atoms with van der Waals surface area (Å²) >= 11 is 1.92. The van der Waals surface area contributed by atoms with E-state index >= 15 is 0 Å². The number of hydrogen-bond acceptors (Lipinski definition) is 2. The molecule has 0 fully saturated rings. The lowest BCUT2D eigenvalue weighted by Crippen LogP contribution is -2.13. The number of aromatic nitrogens is 1. The molecule has 0 radical (unpaired) electrons. The van der Waals surface area contributed by atoms with Crippen molar-refractivity contribution in [3.63, 3.8) is 0 Å². The molecule has 0 bridgehead atoms. The molecule has 104 valence electrons. The Morgan fingerprint density at radius 1 is 1.26 bits per heavy atom. The highest BCUT2D eigenvalue weighted by Crippen LogP contribution is 2.18. The van der Waals surface area contributed by atoms with Crippen molar-refractivity contribution < 1.29 is 0 Å². The summed E-state index contributed by atoms with van der Waals surface area (Å²) in [6.07, 6.45) is 6.82. The van der Waals surface area contributed by atoms with Gasteiger partial charge in [-0.3, -0.25) is 0 Å². The molecule has 0 aliphatic heterocycles. The summed E-state index contributed by atoms with van der Waals surface area (Å²) in [5.74, 6) is 1.23. The fourth-order valence-electron chi connectivity index (χ4n) is 2.32. The van der Waals surface area contributed by atoms with Gasteiger partial charge in [-0.2, -0.15) is 11.8 Å². The van der Waals surface area contributed by atoms with E-state index in [2.05, 4.69) is 53.5 Å². The third kappa shape index (κ3) is 4.02. The van der Waals surface area contributed by atoms with Crippen molar-refractivity contribution in [3.05, 3.63) is 36.0 Å². The smallest absolute Gasteiger partial charge is 0.0483 e. The molecule has 0 unspecified atom stereocenters. The minimum Gasteiger partial charge on any atom is -0.347 e. The van der Waals surface area contributed by atoms with Crippen LogP contribution >= 0.6 is 11.8 Å². The molecule has 1 aromatic carbocycles. The molecule has 0 atom stereocenters. The number of hydrogen-bond donors (Lipinski definition) is 1. The summed E-state index contributed by atoms with van der Waals surface area (Å²) < 4.78 is 2.38. The zero-order valence-corrected chi connectivity index (χ0v) is 12.8. The maximum Gasteiger partial charge on any atom is 0.0483 e. The summed E-state index contributed by atoms with van der Waals surface area (Å²) in [4.78, 5) is 0. The van der Waals surface area contributed by atoms with E-state index in [1.165, 1.54) is 35.1 Å². The van der Waals surface area contributed by atoms with Gasteiger partial charge in [0.1, 0.15) is 0 Å². The number of nitrogens with zero attached hydrogens (tertiary/aromatic N) is 1. The van der Waals surface area contributed by atoms with Crippen LogP contribution in [0.1, 0.15) is 25.3 Å². The molecule has 2 rings (SSSR count). The van der Waals surface area contributed by atoms with Crippen LogP contribution in [0.3, 0.4) is 0 Å². The van der Waals surface area contributed by atoms with Crippen LogP contribution in [-0.2, 0) is 13.1 Å². The first kappa shape index (κ1) is 14.5. The van der Waals surface area contributed by atoms with Crippen LogP contribution in [0.15, 0.2) is 30.5 Å². The van der Waals surface area contributed by atoms with Crippen molar-refractivity contribution >= 4 is 22.7 Å². The van der Waals surface area contributed by atoms with Gasteiger partial charge in [-0.15, -0.1) is 0 Å². The Balaban J connectivity index is 2.08. The van der Waals surface area contributed by atoms with Gasteiger partial charge in [0, 0.05) is 24.8 Å². The fourth-order valence-corrected chi connectivity index (χ4v) is 2.74. The topological polar surface area (TPSA) is 17.0 Å². The number of benzene rings is 1. The number of aryl methyl sites for hydroxylation is 1. The van der Waals surface area contributed by atoms with E-state index in [0.29, 0.717) is 0 Å². The van der Waals surface area contributed by atoms with Gasteiger partial charge in [-0.05, 0) is 54.5 Å². The van der Waals surface area contributed by atoms with Crippen molar-refractivity contribution in [1.29, 1.82) is 0 Å². The number of nitrogens with one attached hydrogen (secondary N) is 1. The second kappa shape index (κ2) is 7.61. The Morgan fingerprint density at radius 3 is 2.95 bits per heavy atom. The van der Waals surface area contributed by atoms with Gasteiger partial charge in [0.25, 0.3) is 0 Å². The van der Waals surface area contributed by atoms with Crippen molar-refractivity contribution in [1.82, 2.24) is 9.88 Å². The average molecular weight is 276 g/mol. The molecule has 3 heteroatoms. The standard InChI is InChI=1S/C16H24N2S/c1-3-8-17-13-14-5-6-15-7-10-18(16(15)12-14)9-4-11-19-2/h5-7,10,12,17H,3-4,8-9,11,13H2,1-2H3. The van der Waals surface area contributed by atoms with Crippen molar-refractivity contribution in [2.45, 2.75) is 32.9 Å². The molecule has 0 spiro atoms. The van der Waals surface area contributed by atoms with E-state index in [1.54, 1.807) is 0 Å². The highest BCUT2D eigenvalue weighted by atomic mass is 32.2. The molecule has 1 aromatic heterocycles. The van der Waals surface area contributed by atoms with E-state index < -0.39 is 0 Å². The van der Waals surface area contributed by atoms with Crippen LogP contribution in [0.4, 0.5) is 0 Å². The Kier molecular flexibility index (Phi) is 5.80. The van der Waals surface area contributed by atoms with Crippen molar-refractivity contribution in [2.24, 2.45) is 0 Å². The van der Waals surface area contributed by atoms with Crippen LogP contribution in [0, 0.1) is 0 Å². The summed E-state index contributed by atoms with van der Waals surface area (Å²) in [6, 6.07) is 9.02. The zero-order chi connectivity index (χ0) is 13.5. The summed E-state index contributed by atoms with van der Waals surface area (Å²) in [5, 5.41) is 4.82. The third-order valence-corrected chi connectivity index (χ3v) is 4.04. The minimum absolute atomic E-state index is 0.972. The van der Waals surface area contributed by atoms with E-state index in [9.17, 15) is 0 Å². The first-order chi connectivity index (χ1) is 9.35. The van der Waals surface area contributed by atoms with E-state index in [1.807, 2.05) is 11.8 Å². The second-order valence-corrected chi connectivity index (χ2v) is 5.91. The predicted octanol–water partition coefficient (Wildman–Crippen LogP) is 3.89. The molecule has 2 aromatic rings. The largest absolute Gasteiger partial charge is 0.347 e. The average Bonchev–Trinajstić information content (AvgIpc) is 2.82. The Hall–Kier alpha value is -0.930. The SMILES string of the molecule is CCCNCc1ccc2ccn(CCCSC)c2c1. The molecule has 0 saturated heterocycles. The molecule has 19 heavy (non-hydrogen) atoms. The van der Waals surface area contributed by atoms with Crippen LogP contribution < -0.4 is 5.32 Å².